The van der Waals surface area contributed by atoms with Crippen LogP contribution in [0.1, 0.15) is 39.0 Å². The Balaban J connectivity index is 2.05. The Morgan fingerprint density at radius 2 is 1.84 bits per heavy atom. The molecule has 1 fully saturated rings. The van der Waals surface area contributed by atoms with E-state index < -0.39 is 18.1 Å². The number of rotatable bonds is 6. The highest BCUT2D eigenvalue weighted by Gasteiger charge is 2.18. The second-order valence-corrected chi connectivity index (χ2v) is 5.41. The highest BCUT2D eigenvalue weighted by atomic mass is 16.4. The summed E-state index contributed by atoms with van der Waals surface area (Å²) in [5.41, 5.74) is 0. The lowest BCUT2D eigenvalue weighted by molar-refractivity contribution is -0.146. The number of aliphatic carboxylic acids is 1. The molecule has 0 aromatic carbocycles. The third kappa shape index (κ3) is 6.42. The second-order valence-electron chi connectivity index (χ2n) is 5.41. The zero-order chi connectivity index (χ0) is 14.3. The van der Waals surface area contributed by atoms with E-state index in [1.54, 1.807) is 0 Å². The monoisotopic (exact) mass is 272 g/mol. The molecule has 110 valence electrons. The largest absolute Gasteiger partial charge is 0.479 e. The van der Waals surface area contributed by atoms with E-state index in [9.17, 15) is 9.59 Å². The first-order valence-corrected chi connectivity index (χ1v) is 6.91. The molecular weight excluding hydrogens is 248 g/mol. The van der Waals surface area contributed by atoms with Gasteiger partial charge in [0.2, 0.25) is 0 Å². The summed E-state index contributed by atoms with van der Waals surface area (Å²) in [6, 6.07) is -0.426. The van der Waals surface area contributed by atoms with Crippen LogP contribution in [0.15, 0.2) is 0 Å². The molecule has 0 radical (unpaired) electrons. The van der Waals surface area contributed by atoms with Gasteiger partial charge in [-0.1, -0.05) is 32.6 Å². The molecule has 1 rings (SSSR count). The van der Waals surface area contributed by atoms with Crippen LogP contribution >= 0.6 is 0 Å². The lowest BCUT2D eigenvalue weighted by atomic mass is 9.81. The van der Waals surface area contributed by atoms with Gasteiger partial charge in [-0.2, -0.15) is 0 Å². The van der Waals surface area contributed by atoms with E-state index in [2.05, 4.69) is 17.6 Å². The summed E-state index contributed by atoms with van der Waals surface area (Å²) in [7, 11) is 0. The van der Waals surface area contributed by atoms with Gasteiger partial charge in [-0.3, -0.25) is 0 Å². The molecule has 0 bridgehead atoms. The number of hydrogen-bond acceptors (Lipinski definition) is 3. The highest BCUT2D eigenvalue weighted by Crippen LogP contribution is 2.29. The Kier molecular flexibility index (Phi) is 6.62. The summed E-state index contributed by atoms with van der Waals surface area (Å²) in [5, 5.41) is 22.4. The summed E-state index contributed by atoms with van der Waals surface area (Å²) in [5.74, 6) is 0.169. The molecular formula is C13H24N2O4. The molecule has 0 unspecified atom stereocenters. The van der Waals surface area contributed by atoms with E-state index in [4.69, 9.17) is 10.2 Å². The molecule has 1 aliphatic rings. The standard InChI is InChI=1S/C13H24N2O4/c1-9-2-4-10(5-3-9)6-7-14-13(19)15-8-11(16)12(17)18/h9-11,16H,2-8H2,1H3,(H,17,18)(H2,14,15,19)/t9?,10?,11-/m0/s1. The van der Waals surface area contributed by atoms with E-state index in [0.717, 1.165) is 12.3 Å². The molecule has 0 aromatic heterocycles. The number of amides is 2. The van der Waals surface area contributed by atoms with Gasteiger partial charge in [0.05, 0.1) is 6.54 Å². The maximum absolute atomic E-state index is 11.3. The molecule has 0 aromatic rings. The molecule has 6 heteroatoms. The number of urea groups is 1. The Morgan fingerprint density at radius 3 is 2.42 bits per heavy atom. The van der Waals surface area contributed by atoms with Crippen LogP contribution in [0.3, 0.4) is 0 Å². The average Bonchev–Trinajstić information content (AvgIpc) is 2.38. The smallest absolute Gasteiger partial charge is 0.334 e. The van der Waals surface area contributed by atoms with Crippen molar-refractivity contribution in [1.29, 1.82) is 0 Å². The van der Waals surface area contributed by atoms with Gasteiger partial charge in [0.15, 0.2) is 6.10 Å². The van der Waals surface area contributed by atoms with Crippen molar-refractivity contribution < 1.29 is 19.8 Å². The van der Waals surface area contributed by atoms with Crippen molar-refractivity contribution in [2.24, 2.45) is 11.8 Å². The lowest BCUT2D eigenvalue weighted by Crippen LogP contribution is -2.42. The van der Waals surface area contributed by atoms with Crippen molar-refractivity contribution in [2.45, 2.75) is 45.1 Å². The molecule has 0 heterocycles. The minimum Gasteiger partial charge on any atom is -0.479 e. The molecule has 19 heavy (non-hydrogen) atoms. The molecule has 0 saturated heterocycles. The minimum absolute atomic E-state index is 0.276. The number of carboxylic acids is 1. The van der Waals surface area contributed by atoms with Crippen molar-refractivity contribution in [1.82, 2.24) is 10.6 Å². The molecule has 0 aliphatic heterocycles. The van der Waals surface area contributed by atoms with Crippen molar-refractivity contribution in [2.75, 3.05) is 13.1 Å². The molecule has 6 nitrogen and oxygen atoms in total. The van der Waals surface area contributed by atoms with Gasteiger partial charge in [0.25, 0.3) is 0 Å². The molecule has 1 aliphatic carbocycles. The third-order valence-electron chi connectivity index (χ3n) is 3.71. The van der Waals surface area contributed by atoms with Crippen LogP contribution in [0, 0.1) is 11.8 Å². The minimum atomic E-state index is -1.55. The maximum Gasteiger partial charge on any atom is 0.334 e. The van der Waals surface area contributed by atoms with E-state index in [1.165, 1.54) is 25.7 Å². The van der Waals surface area contributed by atoms with E-state index in [-0.39, 0.29) is 6.54 Å². The molecule has 1 atom stereocenters. The first-order chi connectivity index (χ1) is 8.99. The number of nitrogens with one attached hydrogen (secondary N) is 2. The number of aliphatic hydroxyl groups excluding tert-OH is 1. The Morgan fingerprint density at radius 1 is 1.21 bits per heavy atom. The predicted octanol–water partition coefficient (Wildman–Crippen LogP) is 0.947. The first kappa shape index (κ1) is 15.8. The normalized spacial score (nSPS) is 24.5. The van der Waals surface area contributed by atoms with Crippen LogP contribution in [-0.2, 0) is 4.79 Å². The average molecular weight is 272 g/mol. The first-order valence-electron chi connectivity index (χ1n) is 6.91. The topological polar surface area (TPSA) is 98.7 Å². The Labute approximate surface area is 113 Å². The van der Waals surface area contributed by atoms with Gasteiger partial charge in [0, 0.05) is 6.54 Å². The van der Waals surface area contributed by atoms with Crippen LogP contribution in [0.4, 0.5) is 4.79 Å². The van der Waals surface area contributed by atoms with Crippen LogP contribution < -0.4 is 10.6 Å². The van der Waals surface area contributed by atoms with Gasteiger partial charge in [-0.15, -0.1) is 0 Å². The molecule has 2 amide bonds. The molecule has 4 N–H and O–H groups in total. The SMILES string of the molecule is CC1CCC(CCNC(=O)NC[C@H](O)C(=O)O)CC1. The summed E-state index contributed by atoms with van der Waals surface area (Å²) in [6.07, 6.45) is 4.39. The van der Waals surface area contributed by atoms with Gasteiger partial charge < -0.3 is 20.8 Å². The van der Waals surface area contributed by atoms with Gasteiger partial charge in [-0.05, 0) is 18.3 Å². The van der Waals surface area contributed by atoms with Crippen molar-refractivity contribution in [3.05, 3.63) is 0 Å². The third-order valence-corrected chi connectivity index (χ3v) is 3.71. The summed E-state index contributed by atoms with van der Waals surface area (Å²) in [6.45, 7) is 2.59. The number of carbonyl (C=O) groups excluding carboxylic acids is 1. The fourth-order valence-electron chi connectivity index (χ4n) is 2.35. The fourth-order valence-corrected chi connectivity index (χ4v) is 2.35. The van der Waals surface area contributed by atoms with E-state index >= 15 is 0 Å². The maximum atomic E-state index is 11.3. The lowest BCUT2D eigenvalue weighted by Gasteiger charge is -2.26. The highest BCUT2D eigenvalue weighted by molar-refractivity contribution is 5.76. The number of carboxylic acid groups (broad SMARTS) is 1. The zero-order valence-corrected chi connectivity index (χ0v) is 11.4. The molecule has 0 spiro atoms. The number of carbonyl (C=O) groups is 2. The quantitative estimate of drug-likeness (QED) is 0.578. The van der Waals surface area contributed by atoms with Crippen molar-refractivity contribution in [3.63, 3.8) is 0 Å². The predicted molar refractivity (Wildman–Crippen MR) is 70.8 cm³/mol. The number of hydrogen-bond donors (Lipinski definition) is 4. The van der Waals surface area contributed by atoms with E-state index in [1.807, 2.05) is 0 Å². The molecule has 1 saturated carbocycles. The van der Waals surface area contributed by atoms with Crippen LogP contribution in [0.2, 0.25) is 0 Å². The van der Waals surface area contributed by atoms with Gasteiger partial charge in [-0.25, -0.2) is 9.59 Å². The fraction of sp³-hybridized carbons (Fsp3) is 0.846. The second kappa shape index (κ2) is 7.99. The van der Waals surface area contributed by atoms with Gasteiger partial charge >= 0.3 is 12.0 Å². The Bertz CT molecular complexity index is 301. The Hall–Kier alpha value is -1.30. The summed E-state index contributed by atoms with van der Waals surface area (Å²) >= 11 is 0. The van der Waals surface area contributed by atoms with Crippen LogP contribution in [0.5, 0.6) is 0 Å². The van der Waals surface area contributed by atoms with Crippen LogP contribution in [-0.4, -0.2) is 41.4 Å². The number of aliphatic hydroxyl groups is 1. The summed E-state index contributed by atoms with van der Waals surface area (Å²) in [4.78, 5) is 21.7. The van der Waals surface area contributed by atoms with Crippen LogP contribution in [0.25, 0.3) is 0 Å². The van der Waals surface area contributed by atoms with Crippen molar-refractivity contribution in [3.8, 4) is 0 Å². The zero-order valence-electron chi connectivity index (χ0n) is 11.4. The van der Waals surface area contributed by atoms with E-state index in [0.29, 0.717) is 12.5 Å². The summed E-state index contributed by atoms with van der Waals surface area (Å²) < 4.78 is 0. The van der Waals surface area contributed by atoms with Gasteiger partial charge in [0.1, 0.15) is 0 Å². The van der Waals surface area contributed by atoms with Crippen molar-refractivity contribution >= 4 is 12.0 Å².